The zero-order valence-corrected chi connectivity index (χ0v) is 14.9. The number of halogens is 2. The number of carbonyl (C=O) groups excluding carboxylic acids is 1. The van der Waals surface area contributed by atoms with Crippen LogP contribution in [0.2, 0.25) is 10.0 Å². The highest BCUT2D eigenvalue weighted by Crippen LogP contribution is 2.32. The Kier molecular flexibility index (Phi) is 4.37. The number of fused-ring (bicyclic) bond motifs is 1. The highest BCUT2D eigenvalue weighted by molar-refractivity contribution is 6.33. The van der Waals surface area contributed by atoms with Gasteiger partial charge >= 0.3 is 0 Å². The molecule has 0 spiro atoms. The van der Waals surface area contributed by atoms with Crippen molar-refractivity contribution in [1.82, 2.24) is 4.98 Å². The van der Waals surface area contributed by atoms with Crippen LogP contribution in [-0.4, -0.2) is 10.9 Å². The fraction of sp³-hybridized carbons (Fsp3) is 0. The van der Waals surface area contributed by atoms with Gasteiger partial charge in [0, 0.05) is 16.3 Å². The molecule has 3 aromatic carbocycles. The molecule has 128 valence electrons. The van der Waals surface area contributed by atoms with Gasteiger partial charge in [-0.25, -0.2) is 4.98 Å². The summed E-state index contributed by atoms with van der Waals surface area (Å²) in [6, 6.07) is 19.3. The summed E-state index contributed by atoms with van der Waals surface area (Å²) in [5.74, 6) is 0.159. The largest absolute Gasteiger partial charge is 0.436 e. The molecule has 0 fully saturated rings. The van der Waals surface area contributed by atoms with Gasteiger partial charge < -0.3 is 9.73 Å². The summed E-state index contributed by atoms with van der Waals surface area (Å²) in [6.07, 6.45) is 0. The van der Waals surface area contributed by atoms with E-state index in [1.165, 1.54) is 0 Å². The Morgan fingerprint density at radius 2 is 1.73 bits per heavy atom. The Labute approximate surface area is 159 Å². The number of carbonyl (C=O) groups is 1. The second-order valence-electron chi connectivity index (χ2n) is 5.64. The normalized spacial score (nSPS) is 10.8. The van der Waals surface area contributed by atoms with E-state index in [2.05, 4.69) is 10.3 Å². The summed E-state index contributed by atoms with van der Waals surface area (Å²) in [5, 5.41) is 3.90. The van der Waals surface area contributed by atoms with Gasteiger partial charge in [0.05, 0.1) is 10.6 Å². The van der Waals surface area contributed by atoms with Crippen LogP contribution in [0.25, 0.3) is 22.6 Å². The Bertz CT molecular complexity index is 1070. The van der Waals surface area contributed by atoms with Crippen LogP contribution >= 0.6 is 23.2 Å². The van der Waals surface area contributed by atoms with Crippen molar-refractivity contribution in [1.29, 1.82) is 0 Å². The van der Waals surface area contributed by atoms with E-state index in [9.17, 15) is 4.79 Å². The molecule has 6 heteroatoms. The Hall–Kier alpha value is -2.82. The molecule has 4 nitrogen and oxygen atoms in total. The van der Waals surface area contributed by atoms with E-state index in [1.807, 2.05) is 24.3 Å². The summed E-state index contributed by atoms with van der Waals surface area (Å²) < 4.78 is 5.77. The van der Waals surface area contributed by atoms with Crippen molar-refractivity contribution in [2.45, 2.75) is 0 Å². The lowest BCUT2D eigenvalue weighted by Gasteiger charge is -2.08. The number of rotatable bonds is 3. The van der Waals surface area contributed by atoms with E-state index in [4.69, 9.17) is 27.6 Å². The van der Waals surface area contributed by atoms with E-state index in [0.717, 1.165) is 5.52 Å². The van der Waals surface area contributed by atoms with Gasteiger partial charge in [-0.05, 0) is 54.6 Å². The molecule has 0 aliphatic heterocycles. The molecule has 1 heterocycles. The third-order valence-electron chi connectivity index (χ3n) is 3.85. The zero-order valence-electron chi connectivity index (χ0n) is 13.4. The number of para-hydroxylation sites is 2. The minimum Gasteiger partial charge on any atom is -0.436 e. The first-order valence-electron chi connectivity index (χ1n) is 7.82. The maximum Gasteiger partial charge on any atom is 0.255 e. The fourth-order valence-corrected chi connectivity index (χ4v) is 2.88. The number of aromatic nitrogens is 1. The number of anilines is 1. The monoisotopic (exact) mass is 382 g/mol. The van der Waals surface area contributed by atoms with Crippen molar-refractivity contribution < 1.29 is 9.21 Å². The predicted molar refractivity (Wildman–Crippen MR) is 104 cm³/mol. The lowest BCUT2D eigenvalue weighted by molar-refractivity contribution is 0.102. The van der Waals surface area contributed by atoms with Crippen LogP contribution in [0.3, 0.4) is 0 Å². The van der Waals surface area contributed by atoms with Crippen LogP contribution < -0.4 is 5.32 Å². The molecule has 4 aromatic rings. The molecular weight excluding hydrogens is 371 g/mol. The number of nitrogens with zero attached hydrogens (tertiary/aromatic N) is 1. The van der Waals surface area contributed by atoms with Crippen LogP contribution in [0.5, 0.6) is 0 Å². The SMILES string of the molecule is O=C(Nc1ccc(Cl)c(-c2nc3ccccc3o2)c1)c1ccc(Cl)cc1. The van der Waals surface area contributed by atoms with Crippen molar-refractivity contribution in [3.8, 4) is 11.5 Å². The highest BCUT2D eigenvalue weighted by Gasteiger charge is 2.14. The molecular formula is C20H12Cl2N2O2. The molecule has 0 aliphatic rings. The molecule has 0 saturated heterocycles. The van der Waals surface area contributed by atoms with Gasteiger partial charge in [0.1, 0.15) is 5.52 Å². The van der Waals surface area contributed by atoms with Gasteiger partial charge in [0.25, 0.3) is 5.91 Å². The number of hydrogen-bond donors (Lipinski definition) is 1. The van der Waals surface area contributed by atoms with Crippen molar-refractivity contribution in [2.75, 3.05) is 5.32 Å². The number of nitrogens with one attached hydrogen (secondary N) is 1. The number of amides is 1. The number of oxazole rings is 1. The van der Waals surface area contributed by atoms with E-state index < -0.39 is 0 Å². The Morgan fingerprint density at radius 1 is 0.962 bits per heavy atom. The summed E-state index contributed by atoms with van der Waals surface area (Å²) >= 11 is 12.2. The lowest BCUT2D eigenvalue weighted by Crippen LogP contribution is -2.11. The first kappa shape index (κ1) is 16.6. The summed E-state index contributed by atoms with van der Waals surface area (Å²) in [7, 11) is 0. The van der Waals surface area contributed by atoms with Gasteiger partial charge in [-0.15, -0.1) is 0 Å². The van der Waals surface area contributed by atoms with Gasteiger partial charge in [-0.1, -0.05) is 35.3 Å². The minimum absolute atomic E-state index is 0.243. The molecule has 0 radical (unpaired) electrons. The number of benzene rings is 3. The Balaban J connectivity index is 1.65. The summed E-state index contributed by atoms with van der Waals surface area (Å²) in [5.41, 5.74) is 3.12. The third kappa shape index (κ3) is 3.29. The van der Waals surface area contributed by atoms with Gasteiger partial charge in [-0.2, -0.15) is 0 Å². The predicted octanol–water partition coefficient (Wildman–Crippen LogP) is 6.05. The van der Waals surface area contributed by atoms with Crippen molar-refractivity contribution in [2.24, 2.45) is 0 Å². The maximum atomic E-state index is 12.4. The van der Waals surface area contributed by atoms with E-state index in [-0.39, 0.29) is 5.91 Å². The van der Waals surface area contributed by atoms with Crippen LogP contribution in [0.1, 0.15) is 10.4 Å². The van der Waals surface area contributed by atoms with E-state index in [1.54, 1.807) is 42.5 Å². The maximum absolute atomic E-state index is 12.4. The molecule has 0 bridgehead atoms. The molecule has 1 aromatic heterocycles. The van der Waals surface area contributed by atoms with Crippen LogP contribution in [0.4, 0.5) is 5.69 Å². The summed E-state index contributed by atoms with van der Waals surface area (Å²) in [6.45, 7) is 0. The Morgan fingerprint density at radius 3 is 2.50 bits per heavy atom. The van der Waals surface area contributed by atoms with Crippen molar-refractivity contribution in [3.63, 3.8) is 0 Å². The summed E-state index contributed by atoms with van der Waals surface area (Å²) in [4.78, 5) is 16.8. The van der Waals surface area contributed by atoms with Gasteiger partial charge in [-0.3, -0.25) is 4.79 Å². The van der Waals surface area contributed by atoms with E-state index in [0.29, 0.717) is 38.3 Å². The molecule has 0 atom stereocenters. The topological polar surface area (TPSA) is 55.1 Å². The molecule has 26 heavy (non-hydrogen) atoms. The second-order valence-corrected chi connectivity index (χ2v) is 6.49. The van der Waals surface area contributed by atoms with Crippen molar-refractivity contribution in [3.05, 3.63) is 82.3 Å². The van der Waals surface area contributed by atoms with Gasteiger partial charge in [0.2, 0.25) is 5.89 Å². The number of hydrogen-bond acceptors (Lipinski definition) is 3. The van der Waals surface area contributed by atoms with Crippen molar-refractivity contribution >= 4 is 45.9 Å². The average molecular weight is 383 g/mol. The fourth-order valence-electron chi connectivity index (χ4n) is 2.56. The molecule has 1 amide bonds. The minimum atomic E-state index is -0.243. The van der Waals surface area contributed by atoms with Crippen LogP contribution in [-0.2, 0) is 0 Å². The van der Waals surface area contributed by atoms with E-state index >= 15 is 0 Å². The zero-order chi connectivity index (χ0) is 18.1. The third-order valence-corrected chi connectivity index (χ3v) is 4.44. The van der Waals surface area contributed by atoms with Crippen LogP contribution in [0.15, 0.2) is 71.1 Å². The standard InChI is InChI=1S/C20H12Cl2N2O2/c21-13-7-5-12(6-8-13)19(25)23-14-9-10-16(22)15(11-14)20-24-17-3-1-2-4-18(17)26-20/h1-11H,(H,23,25). The highest BCUT2D eigenvalue weighted by atomic mass is 35.5. The van der Waals surface area contributed by atoms with Gasteiger partial charge in [0.15, 0.2) is 5.58 Å². The molecule has 4 rings (SSSR count). The molecule has 0 saturated carbocycles. The molecule has 0 aliphatic carbocycles. The second kappa shape index (κ2) is 6.83. The average Bonchev–Trinajstić information content (AvgIpc) is 3.07. The first-order valence-corrected chi connectivity index (χ1v) is 8.58. The molecule has 1 N–H and O–H groups in total. The quantitative estimate of drug-likeness (QED) is 0.468. The lowest BCUT2D eigenvalue weighted by atomic mass is 10.1. The smallest absolute Gasteiger partial charge is 0.255 e. The first-order chi connectivity index (χ1) is 12.6. The van der Waals surface area contributed by atoms with Crippen LogP contribution in [0, 0.1) is 0 Å². The molecule has 0 unspecified atom stereocenters.